The molecule has 0 amide bonds. The molecule has 0 saturated carbocycles. The third-order valence-electron chi connectivity index (χ3n) is 2.04. The second-order valence-corrected chi connectivity index (χ2v) is 3.26. The molecule has 2 rings (SSSR count). The number of rotatable bonds is 1. The molecule has 0 atom stereocenters. The molecular formula is C11H12N2. The van der Waals surface area contributed by atoms with Gasteiger partial charge >= 0.3 is 0 Å². The highest BCUT2D eigenvalue weighted by atomic mass is 15.0. The van der Waals surface area contributed by atoms with Crippen molar-refractivity contribution < 1.29 is 0 Å². The first-order chi connectivity index (χ1) is 6.25. The van der Waals surface area contributed by atoms with Crippen LogP contribution in [0.4, 0.5) is 0 Å². The zero-order valence-electron chi connectivity index (χ0n) is 7.86. The van der Waals surface area contributed by atoms with Crippen LogP contribution in [-0.4, -0.2) is 9.55 Å². The zero-order chi connectivity index (χ0) is 9.26. The summed E-state index contributed by atoms with van der Waals surface area (Å²) in [6.07, 6.45) is 3.85. The van der Waals surface area contributed by atoms with Gasteiger partial charge in [-0.15, -0.1) is 0 Å². The number of nitrogens with zero attached hydrogens (tertiary/aromatic N) is 2. The molecule has 0 unspecified atom stereocenters. The molecule has 0 aliphatic rings. The molecule has 0 spiro atoms. The molecule has 1 aromatic heterocycles. The normalized spacial score (nSPS) is 10.3. The molecule has 1 aromatic carbocycles. The van der Waals surface area contributed by atoms with E-state index in [1.165, 1.54) is 5.56 Å². The highest BCUT2D eigenvalue weighted by molar-refractivity contribution is 5.34. The predicted octanol–water partition coefficient (Wildman–Crippen LogP) is 2.49. The number of imidazole rings is 1. The van der Waals surface area contributed by atoms with E-state index in [0.29, 0.717) is 0 Å². The maximum atomic E-state index is 4.18. The number of aromatic nitrogens is 2. The van der Waals surface area contributed by atoms with Crippen molar-refractivity contribution in [3.63, 3.8) is 0 Å². The minimum atomic E-state index is 1.04. The van der Waals surface area contributed by atoms with Gasteiger partial charge in [0.2, 0.25) is 0 Å². The largest absolute Gasteiger partial charge is 0.306 e. The van der Waals surface area contributed by atoms with Crippen molar-refractivity contribution in [1.29, 1.82) is 0 Å². The lowest BCUT2D eigenvalue weighted by Crippen LogP contribution is -1.88. The Bertz CT molecular complexity index is 398. The van der Waals surface area contributed by atoms with Gasteiger partial charge in [0.15, 0.2) is 0 Å². The SMILES string of the molecule is Cc1ccc(-n2cnc(C)c2)cc1. The lowest BCUT2D eigenvalue weighted by atomic mass is 10.2. The number of hydrogen-bond donors (Lipinski definition) is 0. The molecular weight excluding hydrogens is 160 g/mol. The van der Waals surface area contributed by atoms with Gasteiger partial charge in [-0.3, -0.25) is 0 Å². The quantitative estimate of drug-likeness (QED) is 0.646. The van der Waals surface area contributed by atoms with E-state index in [-0.39, 0.29) is 0 Å². The van der Waals surface area contributed by atoms with Gasteiger partial charge in [-0.25, -0.2) is 4.98 Å². The summed E-state index contributed by atoms with van der Waals surface area (Å²) in [4.78, 5) is 4.18. The molecule has 13 heavy (non-hydrogen) atoms. The highest BCUT2D eigenvalue weighted by Crippen LogP contribution is 2.09. The van der Waals surface area contributed by atoms with Crippen LogP contribution in [0.25, 0.3) is 5.69 Å². The summed E-state index contributed by atoms with van der Waals surface area (Å²) in [7, 11) is 0. The van der Waals surface area contributed by atoms with Crippen molar-refractivity contribution in [2.24, 2.45) is 0 Å². The summed E-state index contributed by atoms with van der Waals surface area (Å²) in [5, 5.41) is 0. The van der Waals surface area contributed by atoms with Gasteiger partial charge in [0.05, 0.1) is 12.0 Å². The van der Waals surface area contributed by atoms with Crippen molar-refractivity contribution in [2.75, 3.05) is 0 Å². The van der Waals surface area contributed by atoms with Gasteiger partial charge in [-0.2, -0.15) is 0 Å². The van der Waals surface area contributed by atoms with Crippen molar-refractivity contribution >= 4 is 0 Å². The average molecular weight is 172 g/mol. The first-order valence-electron chi connectivity index (χ1n) is 4.33. The molecule has 1 heterocycles. The molecule has 2 aromatic rings. The van der Waals surface area contributed by atoms with Gasteiger partial charge in [-0.05, 0) is 26.0 Å². The van der Waals surface area contributed by atoms with Crippen molar-refractivity contribution in [2.45, 2.75) is 13.8 Å². The van der Waals surface area contributed by atoms with Gasteiger partial charge in [0, 0.05) is 11.9 Å². The fourth-order valence-electron chi connectivity index (χ4n) is 1.28. The molecule has 66 valence electrons. The fourth-order valence-corrected chi connectivity index (χ4v) is 1.28. The molecule has 0 fully saturated rings. The molecule has 0 aliphatic heterocycles. The minimum Gasteiger partial charge on any atom is -0.306 e. The Kier molecular flexibility index (Phi) is 1.89. The van der Waals surface area contributed by atoms with Crippen LogP contribution in [0.2, 0.25) is 0 Å². The molecule has 0 N–H and O–H groups in total. The molecule has 0 bridgehead atoms. The Labute approximate surface area is 77.9 Å². The second kappa shape index (κ2) is 3.05. The average Bonchev–Trinajstić information content (AvgIpc) is 2.53. The Morgan fingerprint density at radius 1 is 1.08 bits per heavy atom. The lowest BCUT2D eigenvalue weighted by Gasteiger charge is -2.01. The summed E-state index contributed by atoms with van der Waals surface area (Å²) in [6.45, 7) is 4.08. The summed E-state index contributed by atoms with van der Waals surface area (Å²) >= 11 is 0. The minimum absolute atomic E-state index is 1.04. The summed E-state index contributed by atoms with van der Waals surface area (Å²) < 4.78 is 2.02. The van der Waals surface area contributed by atoms with E-state index in [9.17, 15) is 0 Å². The van der Waals surface area contributed by atoms with E-state index in [2.05, 4.69) is 36.2 Å². The van der Waals surface area contributed by atoms with E-state index in [1.807, 2.05) is 24.0 Å². The van der Waals surface area contributed by atoms with Crippen LogP contribution in [0, 0.1) is 13.8 Å². The standard InChI is InChI=1S/C11H12N2/c1-9-3-5-11(6-4-9)13-7-10(2)12-8-13/h3-8H,1-2H3. The maximum absolute atomic E-state index is 4.18. The van der Waals surface area contributed by atoms with Crippen LogP contribution in [0.5, 0.6) is 0 Å². The van der Waals surface area contributed by atoms with Crippen LogP contribution in [0.3, 0.4) is 0 Å². The van der Waals surface area contributed by atoms with Gasteiger partial charge in [0.1, 0.15) is 0 Å². The van der Waals surface area contributed by atoms with Crippen LogP contribution in [0.15, 0.2) is 36.8 Å². The number of aryl methyl sites for hydroxylation is 2. The van der Waals surface area contributed by atoms with Crippen LogP contribution in [-0.2, 0) is 0 Å². The number of benzene rings is 1. The smallest absolute Gasteiger partial charge is 0.0995 e. The third kappa shape index (κ3) is 1.61. The van der Waals surface area contributed by atoms with Crippen LogP contribution >= 0.6 is 0 Å². The summed E-state index contributed by atoms with van der Waals surface area (Å²) in [5.74, 6) is 0. The summed E-state index contributed by atoms with van der Waals surface area (Å²) in [6, 6.07) is 8.39. The van der Waals surface area contributed by atoms with E-state index in [0.717, 1.165) is 11.4 Å². The van der Waals surface area contributed by atoms with Gasteiger partial charge in [-0.1, -0.05) is 17.7 Å². The predicted molar refractivity (Wildman–Crippen MR) is 53.0 cm³/mol. The molecule has 2 nitrogen and oxygen atoms in total. The molecule has 0 radical (unpaired) electrons. The van der Waals surface area contributed by atoms with Crippen LogP contribution in [0.1, 0.15) is 11.3 Å². The van der Waals surface area contributed by atoms with Gasteiger partial charge in [0.25, 0.3) is 0 Å². The van der Waals surface area contributed by atoms with Crippen molar-refractivity contribution in [3.8, 4) is 5.69 Å². The molecule has 2 heteroatoms. The Morgan fingerprint density at radius 3 is 2.31 bits per heavy atom. The Hall–Kier alpha value is -1.57. The van der Waals surface area contributed by atoms with Crippen molar-refractivity contribution in [1.82, 2.24) is 9.55 Å². The Morgan fingerprint density at radius 2 is 1.77 bits per heavy atom. The Balaban J connectivity index is 2.41. The first-order valence-corrected chi connectivity index (χ1v) is 4.33. The zero-order valence-corrected chi connectivity index (χ0v) is 7.86. The van der Waals surface area contributed by atoms with Crippen LogP contribution < -0.4 is 0 Å². The number of hydrogen-bond acceptors (Lipinski definition) is 1. The van der Waals surface area contributed by atoms with E-state index in [1.54, 1.807) is 0 Å². The third-order valence-corrected chi connectivity index (χ3v) is 2.04. The summed E-state index contributed by atoms with van der Waals surface area (Å²) in [5.41, 5.74) is 3.48. The van der Waals surface area contributed by atoms with Crippen molar-refractivity contribution in [3.05, 3.63) is 48.0 Å². The van der Waals surface area contributed by atoms with E-state index in [4.69, 9.17) is 0 Å². The highest BCUT2D eigenvalue weighted by Gasteiger charge is 1.95. The van der Waals surface area contributed by atoms with E-state index >= 15 is 0 Å². The lowest BCUT2D eigenvalue weighted by molar-refractivity contribution is 1.05. The van der Waals surface area contributed by atoms with E-state index < -0.39 is 0 Å². The topological polar surface area (TPSA) is 17.8 Å². The molecule has 0 saturated heterocycles. The second-order valence-electron chi connectivity index (χ2n) is 3.26. The first kappa shape index (κ1) is 8.05. The maximum Gasteiger partial charge on any atom is 0.0995 e. The fraction of sp³-hybridized carbons (Fsp3) is 0.182. The van der Waals surface area contributed by atoms with Gasteiger partial charge < -0.3 is 4.57 Å². The monoisotopic (exact) mass is 172 g/mol. The molecule has 0 aliphatic carbocycles.